The van der Waals surface area contributed by atoms with Gasteiger partial charge in [0.1, 0.15) is 5.69 Å². The van der Waals surface area contributed by atoms with Crippen LogP contribution in [-0.4, -0.2) is 59.5 Å². The average Bonchev–Trinajstić information content (AvgIpc) is 3.30. The third kappa shape index (κ3) is 4.06. The number of nitrogens with zero attached hydrogens (tertiary/aromatic N) is 5. The standard InChI is InChI=1S/C21H25N5O4/c1-27-17-7-6-14(18(28-2)19(17)29-3)12-26-10-4-5-15(13-26)20-24-25-21(30-20)16-11-22-8-9-23-16/h6-9,11,15H,4-5,10,12-13H2,1-3H3. The van der Waals surface area contributed by atoms with E-state index in [2.05, 4.69) is 25.1 Å². The number of benzene rings is 1. The third-order valence-corrected chi connectivity index (χ3v) is 5.26. The molecule has 2 aromatic heterocycles. The minimum atomic E-state index is 0.169. The second-order valence-electron chi connectivity index (χ2n) is 7.10. The van der Waals surface area contributed by atoms with Crippen molar-refractivity contribution < 1.29 is 18.6 Å². The summed E-state index contributed by atoms with van der Waals surface area (Å²) >= 11 is 0. The molecule has 4 rings (SSSR count). The Kier molecular flexibility index (Phi) is 6.08. The second-order valence-corrected chi connectivity index (χ2v) is 7.10. The van der Waals surface area contributed by atoms with E-state index in [1.54, 1.807) is 39.9 Å². The summed E-state index contributed by atoms with van der Waals surface area (Å²) in [5, 5.41) is 8.42. The minimum absolute atomic E-state index is 0.169. The number of rotatable bonds is 7. The van der Waals surface area contributed by atoms with Crippen LogP contribution >= 0.6 is 0 Å². The minimum Gasteiger partial charge on any atom is -0.493 e. The van der Waals surface area contributed by atoms with Gasteiger partial charge < -0.3 is 18.6 Å². The van der Waals surface area contributed by atoms with E-state index in [4.69, 9.17) is 18.6 Å². The van der Waals surface area contributed by atoms with Gasteiger partial charge in [0.15, 0.2) is 11.5 Å². The lowest BCUT2D eigenvalue weighted by Gasteiger charge is -2.31. The number of likely N-dealkylation sites (tertiary alicyclic amines) is 1. The highest BCUT2D eigenvalue weighted by atomic mass is 16.5. The number of piperidine rings is 1. The maximum atomic E-state index is 5.91. The Labute approximate surface area is 175 Å². The van der Waals surface area contributed by atoms with Gasteiger partial charge in [0.25, 0.3) is 5.89 Å². The molecule has 1 unspecified atom stereocenters. The number of hydrogen-bond donors (Lipinski definition) is 0. The molecule has 0 saturated carbocycles. The van der Waals surface area contributed by atoms with E-state index in [1.807, 2.05) is 12.1 Å². The molecule has 0 aliphatic carbocycles. The molecule has 0 N–H and O–H groups in total. The molecule has 3 heterocycles. The Bertz CT molecular complexity index is 979. The second kappa shape index (κ2) is 9.08. The molecule has 1 aliphatic rings. The maximum Gasteiger partial charge on any atom is 0.267 e. The molecule has 0 bridgehead atoms. The molecule has 1 atom stereocenters. The van der Waals surface area contributed by atoms with Crippen molar-refractivity contribution in [2.45, 2.75) is 25.3 Å². The van der Waals surface area contributed by atoms with Gasteiger partial charge in [-0.1, -0.05) is 6.07 Å². The van der Waals surface area contributed by atoms with Gasteiger partial charge in [-0.15, -0.1) is 10.2 Å². The first kappa shape index (κ1) is 20.1. The summed E-state index contributed by atoms with van der Waals surface area (Å²) in [7, 11) is 4.88. The molecular weight excluding hydrogens is 386 g/mol. The fraction of sp³-hybridized carbons (Fsp3) is 0.429. The van der Waals surface area contributed by atoms with Gasteiger partial charge in [-0.05, 0) is 25.5 Å². The fourth-order valence-electron chi connectivity index (χ4n) is 3.84. The lowest BCUT2D eigenvalue weighted by Crippen LogP contribution is -2.34. The molecule has 1 aromatic carbocycles. The molecule has 0 radical (unpaired) electrons. The predicted molar refractivity (Wildman–Crippen MR) is 109 cm³/mol. The van der Waals surface area contributed by atoms with Gasteiger partial charge in [-0.25, -0.2) is 4.98 Å². The largest absolute Gasteiger partial charge is 0.493 e. The molecule has 9 nitrogen and oxygen atoms in total. The molecule has 3 aromatic rings. The molecule has 1 aliphatic heterocycles. The van der Waals surface area contributed by atoms with Crippen molar-refractivity contribution in [3.8, 4) is 28.8 Å². The highest BCUT2D eigenvalue weighted by Crippen LogP contribution is 2.40. The first-order chi connectivity index (χ1) is 14.7. The topological polar surface area (TPSA) is 95.6 Å². The highest BCUT2D eigenvalue weighted by Gasteiger charge is 2.27. The Morgan fingerprint density at radius 1 is 1.07 bits per heavy atom. The summed E-state index contributed by atoms with van der Waals surface area (Å²) in [5.41, 5.74) is 1.63. The highest BCUT2D eigenvalue weighted by molar-refractivity contribution is 5.55. The predicted octanol–water partition coefficient (Wildman–Crippen LogP) is 2.93. The van der Waals surface area contributed by atoms with Gasteiger partial charge in [-0.3, -0.25) is 9.88 Å². The fourth-order valence-corrected chi connectivity index (χ4v) is 3.84. The molecule has 158 valence electrons. The molecule has 1 fully saturated rings. The summed E-state index contributed by atoms with van der Waals surface area (Å²) < 4.78 is 22.4. The number of methoxy groups -OCH3 is 3. The molecule has 1 saturated heterocycles. The summed E-state index contributed by atoms with van der Waals surface area (Å²) in [6, 6.07) is 3.92. The molecule has 0 spiro atoms. The van der Waals surface area contributed by atoms with Gasteiger partial charge >= 0.3 is 0 Å². The molecule has 9 heteroatoms. The molecule has 30 heavy (non-hydrogen) atoms. The molecular formula is C21H25N5O4. The van der Waals surface area contributed by atoms with Crippen molar-refractivity contribution in [3.63, 3.8) is 0 Å². The number of aromatic nitrogens is 4. The maximum absolute atomic E-state index is 5.91. The Hall–Kier alpha value is -3.20. The summed E-state index contributed by atoms with van der Waals surface area (Å²) in [6.45, 7) is 2.53. The van der Waals surface area contributed by atoms with Crippen molar-refractivity contribution in [2.24, 2.45) is 0 Å². The van der Waals surface area contributed by atoms with E-state index >= 15 is 0 Å². The van der Waals surface area contributed by atoms with Gasteiger partial charge in [0, 0.05) is 31.0 Å². The lowest BCUT2D eigenvalue weighted by molar-refractivity contribution is 0.184. The van der Waals surface area contributed by atoms with Crippen LogP contribution in [0.3, 0.4) is 0 Å². The van der Waals surface area contributed by atoms with Crippen LogP contribution in [0.4, 0.5) is 0 Å². The van der Waals surface area contributed by atoms with E-state index in [1.165, 1.54) is 0 Å². The zero-order valence-electron chi connectivity index (χ0n) is 17.4. The normalized spacial score (nSPS) is 17.0. The van der Waals surface area contributed by atoms with Gasteiger partial charge in [0.05, 0.1) is 33.4 Å². The Balaban J connectivity index is 1.50. The van der Waals surface area contributed by atoms with Crippen LogP contribution in [0.15, 0.2) is 35.1 Å². The van der Waals surface area contributed by atoms with Crippen LogP contribution in [0.25, 0.3) is 11.6 Å². The van der Waals surface area contributed by atoms with Crippen molar-refractivity contribution in [1.82, 2.24) is 25.1 Å². The summed E-state index contributed by atoms with van der Waals surface area (Å²) in [5.74, 6) is 3.16. The monoisotopic (exact) mass is 411 g/mol. The van der Waals surface area contributed by atoms with E-state index in [0.29, 0.717) is 34.7 Å². The lowest BCUT2D eigenvalue weighted by atomic mass is 9.97. The van der Waals surface area contributed by atoms with Crippen LogP contribution in [0.5, 0.6) is 17.2 Å². The van der Waals surface area contributed by atoms with E-state index in [0.717, 1.165) is 38.0 Å². The number of ether oxygens (including phenoxy) is 3. The SMILES string of the molecule is COc1ccc(CN2CCCC(c3nnc(-c4cnccn4)o3)C2)c(OC)c1OC. The Morgan fingerprint density at radius 2 is 1.93 bits per heavy atom. The van der Waals surface area contributed by atoms with Crippen molar-refractivity contribution in [3.05, 3.63) is 42.2 Å². The van der Waals surface area contributed by atoms with E-state index in [-0.39, 0.29) is 5.92 Å². The summed E-state index contributed by atoms with van der Waals surface area (Å²) in [6.07, 6.45) is 6.89. The average molecular weight is 411 g/mol. The quantitative estimate of drug-likeness (QED) is 0.581. The zero-order valence-corrected chi connectivity index (χ0v) is 17.4. The van der Waals surface area contributed by atoms with Crippen molar-refractivity contribution in [1.29, 1.82) is 0 Å². The van der Waals surface area contributed by atoms with Gasteiger partial charge in [0.2, 0.25) is 11.6 Å². The van der Waals surface area contributed by atoms with Crippen LogP contribution in [0.1, 0.15) is 30.2 Å². The van der Waals surface area contributed by atoms with Crippen LogP contribution in [-0.2, 0) is 6.54 Å². The van der Waals surface area contributed by atoms with Crippen LogP contribution in [0, 0.1) is 0 Å². The van der Waals surface area contributed by atoms with E-state index in [9.17, 15) is 0 Å². The van der Waals surface area contributed by atoms with Crippen molar-refractivity contribution >= 4 is 0 Å². The van der Waals surface area contributed by atoms with Gasteiger partial charge in [-0.2, -0.15) is 0 Å². The van der Waals surface area contributed by atoms with E-state index < -0.39 is 0 Å². The zero-order chi connectivity index (χ0) is 20.9. The van der Waals surface area contributed by atoms with Crippen molar-refractivity contribution in [2.75, 3.05) is 34.4 Å². The first-order valence-corrected chi connectivity index (χ1v) is 9.83. The van der Waals surface area contributed by atoms with Crippen LogP contribution < -0.4 is 14.2 Å². The van der Waals surface area contributed by atoms with Crippen LogP contribution in [0.2, 0.25) is 0 Å². The Morgan fingerprint density at radius 3 is 2.67 bits per heavy atom. The number of hydrogen-bond acceptors (Lipinski definition) is 9. The first-order valence-electron chi connectivity index (χ1n) is 9.83. The third-order valence-electron chi connectivity index (χ3n) is 5.26. The smallest absolute Gasteiger partial charge is 0.267 e. The molecule has 0 amide bonds. The summed E-state index contributed by atoms with van der Waals surface area (Å²) in [4.78, 5) is 10.6.